The molecule has 1 saturated heterocycles. The van der Waals surface area contributed by atoms with Gasteiger partial charge in [-0.3, -0.25) is 0 Å². The van der Waals surface area contributed by atoms with E-state index in [2.05, 4.69) is 0 Å². The molecule has 1 fully saturated rings. The molecule has 27 heavy (non-hydrogen) atoms. The van der Waals surface area contributed by atoms with Gasteiger partial charge in [-0.25, -0.2) is 17.2 Å². The molecule has 144 valence electrons. The molecule has 2 aliphatic rings. The first kappa shape index (κ1) is 18.8. The molecule has 0 aliphatic carbocycles. The predicted molar refractivity (Wildman–Crippen MR) is 101 cm³/mol. The Labute approximate surface area is 166 Å². The molecule has 0 bridgehead atoms. The van der Waals surface area contributed by atoms with Crippen molar-refractivity contribution in [3.05, 3.63) is 57.6 Å². The summed E-state index contributed by atoms with van der Waals surface area (Å²) in [5, 5.41) is -0.652. The molecular formula is C18H15Cl2F2NO3S. The molecule has 0 N–H and O–H groups in total. The number of fused-ring (bicyclic) bond motifs is 3. The van der Waals surface area contributed by atoms with Crippen LogP contribution in [0, 0.1) is 11.6 Å². The molecule has 2 aromatic carbocycles. The molecule has 2 aliphatic heterocycles. The van der Waals surface area contributed by atoms with Gasteiger partial charge in [-0.15, -0.1) is 0 Å². The average Bonchev–Trinajstić information content (AvgIpc) is 2.65. The standard InChI is InChI=1S/C18H15Cl2F2NO3S/c19-9-1-3-10(4-2-9)23-6-5-14(27(24)25)15-13(23)8-26-18-12(21)7-11(20)17(22)16(15)18/h1-4,7,13-15,27H,5-6,8H2. The highest BCUT2D eigenvalue weighted by atomic mass is 35.5. The van der Waals surface area contributed by atoms with E-state index in [0.29, 0.717) is 11.6 Å². The fraction of sp³-hybridized carbons (Fsp3) is 0.333. The van der Waals surface area contributed by atoms with Gasteiger partial charge in [0.05, 0.1) is 16.3 Å². The second-order valence-corrected chi connectivity index (χ2v) is 8.69. The van der Waals surface area contributed by atoms with Crippen LogP contribution in [0.1, 0.15) is 17.9 Å². The highest BCUT2D eigenvalue weighted by Gasteiger charge is 2.47. The number of rotatable bonds is 2. The van der Waals surface area contributed by atoms with Crippen molar-refractivity contribution in [3.63, 3.8) is 0 Å². The Hall–Kier alpha value is -1.57. The summed E-state index contributed by atoms with van der Waals surface area (Å²) in [6, 6.07) is 7.43. The number of anilines is 1. The van der Waals surface area contributed by atoms with Crippen molar-refractivity contribution >= 4 is 39.6 Å². The van der Waals surface area contributed by atoms with Gasteiger partial charge in [-0.1, -0.05) is 23.2 Å². The Bertz CT molecular complexity index is 960. The lowest BCUT2D eigenvalue weighted by Gasteiger charge is -2.47. The molecule has 3 unspecified atom stereocenters. The van der Waals surface area contributed by atoms with Crippen LogP contribution in [-0.2, 0) is 10.7 Å². The molecule has 0 amide bonds. The summed E-state index contributed by atoms with van der Waals surface area (Å²) >= 11 is 11.8. The summed E-state index contributed by atoms with van der Waals surface area (Å²) in [5.74, 6) is -2.66. The molecule has 0 saturated carbocycles. The van der Waals surface area contributed by atoms with Crippen molar-refractivity contribution in [3.8, 4) is 5.75 Å². The molecule has 0 aromatic heterocycles. The van der Waals surface area contributed by atoms with Gasteiger partial charge in [0.2, 0.25) is 0 Å². The second kappa shape index (κ2) is 7.11. The van der Waals surface area contributed by atoms with Crippen LogP contribution < -0.4 is 9.64 Å². The quantitative estimate of drug-likeness (QED) is 0.574. The van der Waals surface area contributed by atoms with E-state index in [9.17, 15) is 17.2 Å². The number of ether oxygens (including phenoxy) is 1. The van der Waals surface area contributed by atoms with E-state index >= 15 is 0 Å². The van der Waals surface area contributed by atoms with Crippen LogP contribution in [0.25, 0.3) is 0 Å². The van der Waals surface area contributed by atoms with Crippen molar-refractivity contribution < 1.29 is 21.9 Å². The minimum absolute atomic E-state index is 0.0396. The summed E-state index contributed by atoms with van der Waals surface area (Å²) in [4.78, 5) is 1.96. The zero-order chi connectivity index (χ0) is 19.3. The molecule has 0 spiro atoms. The number of nitrogens with zero attached hydrogens (tertiary/aromatic N) is 1. The van der Waals surface area contributed by atoms with Crippen LogP contribution in [0.15, 0.2) is 30.3 Å². The molecule has 9 heteroatoms. The van der Waals surface area contributed by atoms with Gasteiger partial charge in [-0.05, 0) is 36.8 Å². The molecule has 3 atom stereocenters. The van der Waals surface area contributed by atoms with Crippen molar-refractivity contribution in [1.29, 1.82) is 0 Å². The first-order chi connectivity index (χ1) is 12.9. The van der Waals surface area contributed by atoms with Gasteiger partial charge in [0.1, 0.15) is 23.1 Å². The lowest BCUT2D eigenvalue weighted by molar-refractivity contribution is 0.200. The second-order valence-electron chi connectivity index (χ2n) is 6.61. The van der Waals surface area contributed by atoms with Gasteiger partial charge in [0.25, 0.3) is 0 Å². The third kappa shape index (κ3) is 3.15. The van der Waals surface area contributed by atoms with Gasteiger partial charge in [0.15, 0.2) is 11.6 Å². The molecule has 0 radical (unpaired) electrons. The molecular weight excluding hydrogens is 419 g/mol. The summed E-state index contributed by atoms with van der Waals surface area (Å²) in [6.07, 6.45) is 0.287. The van der Waals surface area contributed by atoms with E-state index in [-0.39, 0.29) is 29.4 Å². The maximum Gasteiger partial charge on any atom is 0.167 e. The average molecular weight is 434 g/mol. The fourth-order valence-electron chi connectivity index (χ4n) is 4.05. The summed E-state index contributed by atoms with van der Waals surface area (Å²) in [6.45, 7) is 0.484. The van der Waals surface area contributed by atoms with E-state index in [4.69, 9.17) is 27.9 Å². The molecule has 4 rings (SSSR count). The predicted octanol–water partition coefficient (Wildman–Crippen LogP) is 4.01. The minimum atomic E-state index is -2.85. The summed E-state index contributed by atoms with van der Waals surface area (Å²) in [5.41, 5.74) is 0.711. The first-order valence-electron chi connectivity index (χ1n) is 8.34. The largest absolute Gasteiger partial charge is 0.488 e. The van der Waals surface area contributed by atoms with Crippen molar-refractivity contribution in [2.75, 3.05) is 18.1 Å². The number of benzene rings is 2. The van der Waals surface area contributed by atoms with Crippen LogP contribution in [-0.4, -0.2) is 32.9 Å². The van der Waals surface area contributed by atoms with E-state index < -0.39 is 39.5 Å². The number of halogens is 4. The highest BCUT2D eigenvalue weighted by Crippen LogP contribution is 2.47. The van der Waals surface area contributed by atoms with Crippen LogP contribution >= 0.6 is 23.2 Å². The number of piperidine rings is 1. The van der Waals surface area contributed by atoms with Gasteiger partial charge in [-0.2, -0.15) is 0 Å². The lowest BCUT2D eigenvalue weighted by Crippen LogP contribution is -2.55. The van der Waals surface area contributed by atoms with Crippen LogP contribution in [0.5, 0.6) is 5.75 Å². The van der Waals surface area contributed by atoms with E-state index in [0.717, 1.165) is 11.8 Å². The normalized spacial score (nSPS) is 24.3. The van der Waals surface area contributed by atoms with Crippen LogP contribution in [0.3, 0.4) is 0 Å². The van der Waals surface area contributed by atoms with Gasteiger partial charge in [0, 0.05) is 28.7 Å². The van der Waals surface area contributed by atoms with Gasteiger partial charge < -0.3 is 9.64 Å². The zero-order valence-electron chi connectivity index (χ0n) is 13.9. The Morgan fingerprint density at radius 1 is 1.15 bits per heavy atom. The molecule has 2 heterocycles. The van der Waals surface area contributed by atoms with Gasteiger partial charge >= 0.3 is 0 Å². The topological polar surface area (TPSA) is 46.6 Å². The minimum Gasteiger partial charge on any atom is -0.488 e. The van der Waals surface area contributed by atoms with E-state index in [1.165, 1.54) is 0 Å². The molecule has 4 nitrogen and oxygen atoms in total. The SMILES string of the molecule is O=[SH](=O)C1CCN(c2ccc(Cl)cc2)C2COc3c(F)cc(Cl)c(F)c3C21. The van der Waals surface area contributed by atoms with Crippen molar-refractivity contribution in [1.82, 2.24) is 0 Å². The Morgan fingerprint density at radius 2 is 1.85 bits per heavy atom. The number of hydrogen-bond acceptors (Lipinski definition) is 4. The third-order valence-electron chi connectivity index (χ3n) is 5.22. The maximum atomic E-state index is 14.8. The monoisotopic (exact) mass is 433 g/mol. The zero-order valence-corrected chi connectivity index (χ0v) is 16.3. The van der Waals surface area contributed by atoms with Crippen LogP contribution in [0.2, 0.25) is 10.0 Å². The van der Waals surface area contributed by atoms with E-state index in [1.54, 1.807) is 24.3 Å². The maximum absolute atomic E-state index is 14.8. The number of thiol groups is 1. The van der Waals surface area contributed by atoms with E-state index in [1.807, 2.05) is 4.90 Å². The third-order valence-corrected chi connectivity index (χ3v) is 6.87. The highest BCUT2D eigenvalue weighted by molar-refractivity contribution is 7.73. The Balaban J connectivity index is 1.86. The Kier molecular flexibility index (Phi) is 4.94. The number of hydrogen-bond donors (Lipinski definition) is 1. The summed E-state index contributed by atoms with van der Waals surface area (Å²) < 4.78 is 58.5. The lowest BCUT2D eigenvalue weighted by atomic mass is 9.80. The van der Waals surface area contributed by atoms with Crippen LogP contribution in [0.4, 0.5) is 14.5 Å². The van der Waals surface area contributed by atoms with Crippen molar-refractivity contribution in [2.45, 2.75) is 23.6 Å². The molecule has 2 aromatic rings. The summed E-state index contributed by atoms with van der Waals surface area (Å²) in [7, 11) is -2.85. The Morgan fingerprint density at radius 3 is 2.52 bits per heavy atom. The fourth-order valence-corrected chi connectivity index (χ4v) is 5.31. The van der Waals surface area contributed by atoms with Crippen molar-refractivity contribution in [2.24, 2.45) is 0 Å². The first-order valence-corrected chi connectivity index (χ1v) is 10.3. The smallest absolute Gasteiger partial charge is 0.167 e.